The fraction of sp³-hybridized carbons (Fsp3) is 0.267. The van der Waals surface area contributed by atoms with Gasteiger partial charge in [0.25, 0.3) is 11.7 Å². The Hall–Kier alpha value is -1.82. The molecule has 0 aliphatic heterocycles. The molecule has 1 amide bonds. The summed E-state index contributed by atoms with van der Waals surface area (Å²) in [5, 5.41) is 2.80. The Morgan fingerprint density at radius 1 is 1.19 bits per heavy atom. The molecule has 1 aromatic carbocycles. The summed E-state index contributed by atoms with van der Waals surface area (Å²) in [6.07, 6.45) is 0. The molecule has 0 aliphatic carbocycles. The van der Waals surface area contributed by atoms with E-state index in [1.54, 1.807) is 0 Å². The quantitative estimate of drug-likeness (QED) is 0.833. The van der Waals surface area contributed by atoms with Crippen molar-refractivity contribution in [1.29, 1.82) is 0 Å². The summed E-state index contributed by atoms with van der Waals surface area (Å²) in [5.74, 6) is -1.29. The molecule has 0 aliphatic rings. The van der Waals surface area contributed by atoms with E-state index in [0.717, 1.165) is 5.76 Å². The van der Waals surface area contributed by atoms with Crippen LogP contribution in [-0.2, 0) is 0 Å². The van der Waals surface area contributed by atoms with Gasteiger partial charge >= 0.3 is 0 Å². The zero-order valence-electron chi connectivity index (χ0n) is 11.6. The van der Waals surface area contributed by atoms with Crippen LogP contribution in [0.25, 0.3) is 0 Å². The molecule has 3 nitrogen and oxygen atoms in total. The molecule has 6 heteroatoms. The van der Waals surface area contributed by atoms with Crippen LogP contribution in [-0.4, -0.2) is 11.7 Å². The Bertz CT molecular complexity index is 610. The van der Waals surface area contributed by atoms with Gasteiger partial charge in [0.1, 0.15) is 11.5 Å². The number of carbonyl (C=O) groups excluding carboxylic acids is 1. The van der Waals surface area contributed by atoms with E-state index in [2.05, 4.69) is 5.32 Å². The molecule has 2 rings (SSSR count). The van der Waals surface area contributed by atoms with Crippen LogP contribution in [0.1, 0.15) is 34.8 Å². The molecule has 0 spiro atoms. The SMILES string of the molecule is Cc1ccc(C(C)NC(=O)c2ccc(SC(F)F)cc2)o1. The maximum atomic E-state index is 12.2. The van der Waals surface area contributed by atoms with E-state index >= 15 is 0 Å². The van der Waals surface area contributed by atoms with Crippen molar-refractivity contribution in [3.8, 4) is 0 Å². The normalized spacial score (nSPS) is 12.4. The minimum Gasteiger partial charge on any atom is -0.464 e. The number of amides is 1. The number of aryl methyl sites for hydroxylation is 1. The average Bonchev–Trinajstić information content (AvgIpc) is 2.85. The molecule has 0 saturated carbocycles. The Balaban J connectivity index is 1.99. The largest absolute Gasteiger partial charge is 0.464 e. The highest BCUT2D eigenvalue weighted by molar-refractivity contribution is 7.99. The fourth-order valence-electron chi connectivity index (χ4n) is 1.82. The summed E-state index contributed by atoms with van der Waals surface area (Å²) in [6, 6.07) is 9.44. The van der Waals surface area contributed by atoms with Crippen LogP contribution in [0, 0.1) is 6.92 Å². The van der Waals surface area contributed by atoms with Gasteiger partial charge in [-0.05, 0) is 50.2 Å². The van der Waals surface area contributed by atoms with E-state index in [1.807, 2.05) is 26.0 Å². The van der Waals surface area contributed by atoms with Gasteiger partial charge < -0.3 is 9.73 Å². The number of hydrogen-bond donors (Lipinski definition) is 1. The lowest BCUT2D eigenvalue weighted by molar-refractivity contribution is 0.0935. The number of thioether (sulfide) groups is 1. The van der Waals surface area contributed by atoms with Gasteiger partial charge in [-0.2, -0.15) is 8.78 Å². The van der Waals surface area contributed by atoms with Gasteiger partial charge in [0, 0.05) is 10.5 Å². The third-order valence-electron chi connectivity index (χ3n) is 2.88. The number of carbonyl (C=O) groups is 1. The third kappa shape index (κ3) is 4.32. The van der Waals surface area contributed by atoms with Crippen LogP contribution in [0.5, 0.6) is 0 Å². The van der Waals surface area contributed by atoms with Gasteiger partial charge in [0.05, 0.1) is 6.04 Å². The number of furan rings is 1. The van der Waals surface area contributed by atoms with Gasteiger partial charge in [0.15, 0.2) is 0 Å². The van der Waals surface area contributed by atoms with Crippen molar-refractivity contribution in [2.75, 3.05) is 0 Å². The van der Waals surface area contributed by atoms with Crippen LogP contribution in [0.3, 0.4) is 0 Å². The van der Waals surface area contributed by atoms with Gasteiger partial charge in [-0.15, -0.1) is 0 Å². The van der Waals surface area contributed by atoms with E-state index in [1.165, 1.54) is 24.3 Å². The number of benzene rings is 1. The van der Waals surface area contributed by atoms with E-state index in [0.29, 0.717) is 28.0 Å². The summed E-state index contributed by atoms with van der Waals surface area (Å²) in [5.41, 5.74) is 0.420. The molecule has 0 fully saturated rings. The Morgan fingerprint density at radius 2 is 1.86 bits per heavy atom. The monoisotopic (exact) mass is 311 g/mol. The molecule has 1 aromatic heterocycles. The number of alkyl halides is 2. The highest BCUT2D eigenvalue weighted by Crippen LogP contribution is 2.25. The number of hydrogen-bond acceptors (Lipinski definition) is 3. The lowest BCUT2D eigenvalue weighted by Crippen LogP contribution is -2.26. The molecular weight excluding hydrogens is 296 g/mol. The van der Waals surface area contributed by atoms with Crippen molar-refractivity contribution >= 4 is 17.7 Å². The first kappa shape index (κ1) is 15.6. The van der Waals surface area contributed by atoms with E-state index in [4.69, 9.17) is 4.42 Å². The van der Waals surface area contributed by atoms with Crippen molar-refractivity contribution in [3.05, 3.63) is 53.5 Å². The zero-order chi connectivity index (χ0) is 15.4. The smallest absolute Gasteiger partial charge is 0.288 e. The van der Waals surface area contributed by atoms with Crippen molar-refractivity contribution in [3.63, 3.8) is 0 Å². The van der Waals surface area contributed by atoms with Crippen LogP contribution >= 0.6 is 11.8 Å². The molecule has 0 bridgehead atoms. The number of halogens is 2. The molecule has 1 N–H and O–H groups in total. The minimum absolute atomic E-state index is 0.263. The summed E-state index contributed by atoms with van der Waals surface area (Å²) in [7, 11) is 0. The second-order valence-electron chi connectivity index (χ2n) is 4.55. The summed E-state index contributed by atoms with van der Waals surface area (Å²) >= 11 is 0.452. The molecule has 112 valence electrons. The van der Waals surface area contributed by atoms with Gasteiger partial charge in [-0.3, -0.25) is 4.79 Å². The zero-order valence-corrected chi connectivity index (χ0v) is 12.4. The maximum Gasteiger partial charge on any atom is 0.288 e. The maximum absolute atomic E-state index is 12.2. The van der Waals surface area contributed by atoms with Crippen molar-refractivity contribution in [2.24, 2.45) is 0 Å². The molecule has 21 heavy (non-hydrogen) atoms. The van der Waals surface area contributed by atoms with Gasteiger partial charge in [-0.25, -0.2) is 0 Å². The number of nitrogens with one attached hydrogen (secondary N) is 1. The predicted octanol–water partition coefficient (Wildman–Crippen LogP) is 4.39. The van der Waals surface area contributed by atoms with E-state index < -0.39 is 5.76 Å². The van der Waals surface area contributed by atoms with Gasteiger partial charge in [-0.1, -0.05) is 11.8 Å². The summed E-state index contributed by atoms with van der Waals surface area (Å²) in [4.78, 5) is 12.5. The number of rotatable bonds is 5. The first-order chi connectivity index (χ1) is 9.95. The lowest BCUT2D eigenvalue weighted by atomic mass is 10.2. The molecule has 0 radical (unpaired) electrons. The highest BCUT2D eigenvalue weighted by Gasteiger charge is 2.14. The summed E-state index contributed by atoms with van der Waals surface area (Å²) < 4.78 is 29.9. The fourth-order valence-corrected chi connectivity index (χ4v) is 2.32. The Kier molecular flexibility index (Phi) is 5.01. The average molecular weight is 311 g/mol. The van der Waals surface area contributed by atoms with Crippen LogP contribution < -0.4 is 5.32 Å². The highest BCUT2D eigenvalue weighted by atomic mass is 32.2. The third-order valence-corrected chi connectivity index (χ3v) is 3.60. The molecule has 0 saturated heterocycles. The lowest BCUT2D eigenvalue weighted by Gasteiger charge is -2.11. The van der Waals surface area contributed by atoms with E-state index in [9.17, 15) is 13.6 Å². The standard InChI is InChI=1S/C15H15F2NO2S/c1-9-3-8-13(20-9)10(2)18-14(19)11-4-6-12(7-5-11)21-15(16)17/h3-8,10,15H,1-2H3,(H,18,19). The minimum atomic E-state index is -2.47. The van der Waals surface area contributed by atoms with E-state index in [-0.39, 0.29) is 11.9 Å². The molecular formula is C15H15F2NO2S. The van der Waals surface area contributed by atoms with Crippen LogP contribution in [0.4, 0.5) is 8.78 Å². The van der Waals surface area contributed by atoms with Crippen molar-refractivity contribution in [1.82, 2.24) is 5.32 Å². The van der Waals surface area contributed by atoms with Crippen molar-refractivity contribution < 1.29 is 18.0 Å². The molecule has 1 atom stereocenters. The summed E-state index contributed by atoms with van der Waals surface area (Å²) in [6.45, 7) is 3.65. The first-order valence-electron chi connectivity index (χ1n) is 6.38. The first-order valence-corrected chi connectivity index (χ1v) is 7.26. The second kappa shape index (κ2) is 6.76. The topological polar surface area (TPSA) is 42.2 Å². The second-order valence-corrected chi connectivity index (χ2v) is 5.61. The van der Waals surface area contributed by atoms with Crippen LogP contribution in [0.2, 0.25) is 0 Å². The Morgan fingerprint density at radius 3 is 2.38 bits per heavy atom. The van der Waals surface area contributed by atoms with Gasteiger partial charge in [0.2, 0.25) is 0 Å². The molecule has 1 heterocycles. The van der Waals surface area contributed by atoms with Crippen LogP contribution in [0.15, 0.2) is 45.7 Å². The predicted molar refractivity (Wildman–Crippen MR) is 77.6 cm³/mol. The molecule has 1 unspecified atom stereocenters. The Labute approximate surface area is 125 Å². The molecule has 2 aromatic rings. The van der Waals surface area contributed by atoms with Crippen molar-refractivity contribution in [2.45, 2.75) is 30.5 Å².